The van der Waals surface area contributed by atoms with Crippen LogP contribution in [0.1, 0.15) is 12.0 Å². The van der Waals surface area contributed by atoms with Gasteiger partial charge in [0.1, 0.15) is 6.04 Å². The molecule has 8 heteroatoms. The van der Waals surface area contributed by atoms with Crippen molar-refractivity contribution in [3.05, 3.63) is 33.8 Å². The lowest BCUT2D eigenvalue weighted by Crippen LogP contribution is -2.45. The van der Waals surface area contributed by atoms with Gasteiger partial charge >= 0.3 is 5.97 Å². The highest BCUT2D eigenvalue weighted by atomic mass is 35.5. The van der Waals surface area contributed by atoms with Crippen molar-refractivity contribution in [2.75, 3.05) is 13.6 Å². The van der Waals surface area contributed by atoms with Crippen molar-refractivity contribution in [1.82, 2.24) is 10.2 Å². The van der Waals surface area contributed by atoms with Crippen molar-refractivity contribution >= 4 is 41.0 Å². The van der Waals surface area contributed by atoms with E-state index in [1.165, 1.54) is 4.90 Å². The van der Waals surface area contributed by atoms with Crippen LogP contribution in [0.15, 0.2) is 18.2 Å². The Kier molecular flexibility index (Phi) is 5.49. The van der Waals surface area contributed by atoms with Crippen molar-refractivity contribution in [3.63, 3.8) is 0 Å². The molecule has 23 heavy (non-hydrogen) atoms. The normalized spacial score (nSPS) is 18.8. The summed E-state index contributed by atoms with van der Waals surface area (Å²) in [4.78, 5) is 36.5. The molecule has 1 heterocycles. The topological polar surface area (TPSA) is 86.7 Å². The van der Waals surface area contributed by atoms with Gasteiger partial charge in [-0.3, -0.25) is 9.59 Å². The van der Waals surface area contributed by atoms with Crippen molar-refractivity contribution in [3.8, 4) is 0 Å². The maximum Gasteiger partial charge on any atom is 0.326 e. The summed E-state index contributed by atoms with van der Waals surface area (Å²) in [6.45, 7) is 0.292. The lowest BCUT2D eigenvalue weighted by atomic mass is 10.0. The molecule has 0 radical (unpaired) electrons. The second kappa shape index (κ2) is 7.19. The number of benzene rings is 1. The van der Waals surface area contributed by atoms with Crippen molar-refractivity contribution in [1.29, 1.82) is 0 Å². The van der Waals surface area contributed by atoms with Gasteiger partial charge in [0.15, 0.2) is 0 Å². The van der Waals surface area contributed by atoms with Gasteiger partial charge in [0.05, 0.1) is 5.92 Å². The molecule has 1 saturated heterocycles. The number of carboxylic acid groups (broad SMARTS) is 1. The molecule has 1 fully saturated rings. The fourth-order valence-corrected chi connectivity index (χ4v) is 3.06. The summed E-state index contributed by atoms with van der Waals surface area (Å²) in [6, 6.07) is 3.63. The van der Waals surface area contributed by atoms with E-state index in [1.54, 1.807) is 25.2 Å². The quantitative estimate of drug-likeness (QED) is 0.836. The van der Waals surface area contributed by atoms with Gasteiger partial charge < -0.3 is 15.3 Å². The van der Waals surface area contributed by atoms with Crippen LogP contribution in [0.4, 0.5) is 0 Å². The van der Waals surface area contributed by atoms with E-state index in [1.807, 2.05) is 0 Å². The number of nitrogens with zero attached hydrogens (tertiary/aromatic N) is 1. The molecule has 1 aromatic rings. The zero-order chi connectivity index (χ0) is 17.1. The van der Waals surface area contributed by atoms with Crippen LogP contribution in [0.25, 0.3) is 0 Å². The highest BCUT2D eigenvalue weighted by Crippen LogP contribution is 2.21. The molecule has 124 valence electrons. The minimum Gasteiger partial charge on any atom is -0.480 e. The van der Waals surface area contributed by atoms with Gasteiger partial charge in [0, 0.05) is 36.5 Å². The fourth-order valence-electron chi connectivity index (χ4n) is 2.49. The van der Waals surface area contributed by atoms with E-state index in [-0.39, 0.29) is 18.7 Å². The molecule has 1 aromatic carbocycles. The first-order chi connectivity index (χ1) is 10.8. The van der Waals surface area contributed by atoms with Crippen LogP contribution in [0.3, 0.4) is 0 Å². The number of likely N-dealkylation sites (tertiary alicyclic amines) is 1. The Bertz CT molecular complexity index is 630. The molecule has 0 saturated carbocycles. The van der Waals surface area contributed by atoms with Crippen LogP contribution in [0, 0.1) is 5.92 Å². The van der Waals surface area contributed by atoms with Gasteiger partial charge in [-0.05, 0) is 23.8 Å². The van der Waals surface area contributed by atoms with Crippen LogP contribution in [0.5, 0.6) is 0 Å². The third-order valence-corrected chi connectivity index (χ3v) is 4.13. The van der Waals surface area contributed by atoms with Gasteiger partial charge in [-0.1, -0.05) is 23.2 Å². The number of carboxylic acids is 1. The highest BCUT2D eigenvalue weighted by molar-refractivity contribution is 6.34. The fraction of sp³-hybridized carbons (Fsp3) is 0.400. The Morgan fingerprint density at radius 3 is 2.43 bits per heavy atom. The molecule has 1 aliphatic heterocycles. The first-order valence-corrected chi connectivity index (χ1v) is 7.74. The third kappa shape index (κ3) is 4.59. The maximum atomic E-state index is 12.2. The van der Waals surface area contributed by atoms with E-state index in [9.17, 15) is 19.5 Å². The lowest BCUT2D eigenvalue weighted by molar-refractivity contribution is -0.142. The first-order valence-electron chi connectivity index (χ1n) is 6.98. The zero-order valence-electron chi connectivity index (χ0n) is 12.4. The Morgan fingerprint density at radius 2 is 1.96 bits per heavy atom. The summed E-state index contributed by atoms with van der Waals surface area (Å²) in [5.74, 6) is -2.26. The average Bonchev–Trinajstić information content (AvgIpc) is 2.76. The minimum atomic E-state index is -1.16. The highest BCUT2D eigenvalue weighted by Gasteiger charge is 2.34. The number of hydrogen-bond donors (Lipinski definition) is 2. The number of aliphatic carboxylic acids is 1. The maximum absolute atomic E-state index is 12.2. The van der Waals surface area contributed by atoms with Crippen LogP contribution < -0.4 is 5.32 Å². The second-order valence-corrected chi connectivity index (χ2v) is 6.43. The van der Waals surface area contributed by atoms with Crippen molar-refractivity contribution in [2.24, 2.45) is 5.92 Å². The summed E-state index contributed by atoms with van der Waals surface area (Å²) in [5, 5.41) is 12.6. The van der Waals surface area contributed by atoms with Crippen molar-refractivity contribution < 1.29 is 19.5 Å². The molecule has 0 aliphatic carbocycles. The summed E-state index contributed by atoms with van der Waals surface area (Å²) in [5.41, 5.74) is 0.606. The van der Waals surface area contributed by atoms with Gasteiger partial charge in [-0.25, -0.2) is 4.79 Å². The van der Waals surface area contributed by atoms with Crippen molar-refractivity contribution in [2.45, 2.75) is 18.9 Å². The molecule has 0 aromatic heterocycles. The molecular weight excluding hydrogens is 343 g/mol. The van der Waals surface area contributed by atoms with Gasteiger partial charge in [0.25, 0.3) is 0 Å². The standard InChI is InChI=1S/C15H16Cl2N2O4/c1-19-7-9(5-13(19)20)14(21)18-12(15(22)23)4-8-2-10(16)6-11(17)3-8/h2-3,6,9,12H,4-5,7H2,1H3,(H,18,21)(H,22,23). The number of nitrogens with one attached hydrogen (secondary N) is 1. The predicted octanol–water partition coefficient (Wildman–Crippen LogP) is 1.58. The molecule has 2 amide bonds. The van der Waals surface area contributed by atoms with E-state index >= 15 is 0 Å². The molecule has 6 nitrogen and oxygen atoms in total. The number of rotatable bonds is 5. The molecule has 2 N–H and O–H groups in total. The minimum absolute atomic E-state index is 0.0534. The Morgan fingerprint density at radius 1 is 1.35 bits per heavy atom. The smallest absolute Gasteiger partial charge is 0.326 e. The number of carbonyl (C=O) groups excluding carboxylic acids is 2. The summed E-state index contributed by atoms with van der Waals surface area (Å²) < 4.78 is 0. The van der Waals surface area contributed by atoms with E-state index in [2.05, 4.69) is 5.32 Å². The van der Waals surface area contributed by atoms with Crippen LogP contribution in [0.2, 0.25) is 10.0 Å². The average molecular weight is 359 g/mol. The molecule has 2 unspecified atom stereocenters. The van der Waals surface area contributed by atoms with Gasteiger partial charge in [-0.15, -0.1) is 0 Å². The molecule has 2 atom stereocenters. The summed E-state index contributed by atoms with van der Waals surface area (Å²) in [6.07, 6.45) is 0.148. The van der Waals surface area contributed by atoms with E-state index in [0.29, 0.717) is 22.2 Å². The Labute approximate surface area is 143 Å². The van der Waals surface area contributed by atoms with Crippen LogP contribution in [-0.2, 0) is 20.8 Å². The number of amides is 2. The zero-order valence-corrected chi connectivity index (χ0v) is 13.9. The Balaban J connectivity index is 2.05. The number of carbonyl (C=O) groups is 3. The lowest BCUT2D eigenvalue weighted by Gasteiger charge is -2.17. The van der Waals surface area contributed by atoms with Crippen LogP contribution >= 0.6 is 23.2 Å². The first kappa shape index (κ1) is 17.6. The number of halogens is 2. The molecule has 1 aliphatic rings. The van der Waals surface area contributed by atoms with Gasteiger partial charge in [0.2, 0.25) is 11.8 Å². The SMILES string of the molecule is CN1CC(C(=O)NC(Cc2cc(Cl)cc(Cl)c2)C(=O)O)CC1=O. The van der Waals surface area contributed by atoms with E-state index in [4.69, 9.17) is 23.2 Å². The largest absolute Gasteiger partial charge is 0.480 e. The van der Waals surface area contributed by atoms with Gasteiger partial charge in [-0.2, -0.15) is 0 Å². The second-order valence-electron chi connectivity index (χ2n) is 5.56. The molecule has 0 spiro atoms. The van der Waals surface area contributed by atoms with E-state index in [0.717, 1.165) is 0 Å². The molecular formula is C15H16Cl2N2O4. The summed E-state index contributed by atoms with van der Waals surface area (Å²) in [7, 11) is 1.61. The number of hydrogen-bond acceptors (Lipinski definition) is 3. The van der Waals surface area contributed by atoms with Crippen LogP contribution in [-0.4, -0.2) is 47.4 Å². The monoisotopic (exact) mass is 358 g/mol. The molecule has 2 rings (SSSR count). The molecule has 0 bridgehead atoms. The Hall–Kier alpha value is -1.79. The predicted molar refractivity (Wildman–Crippen MR) is 85.5 cm³/mol. The van der Waals surface area contributed by atoms with E-state index < -0.39 is 23.8 Å². The summed E-state index contributed by atoms with van der Waals surface area (Å²) >= 11 is 11.8. The third-order valence-electron chi connectivity index (χ3n) is 3.69.